The summed E-state index contributed by atoms with van der Waals surface area (Å²) in [6, 6.07) is 14.6. The van der Waals surface area contributed by atoms with E-state index in [0.29, 0.717) is 33.1 Å². The first-order valence-electron chi connectivity index (χ1n) is 11.4. The Labute approximate surface area is 219 Å². The topological polar surface area (TPSA) is 81.0 Å². The smallest absolute Gasteiger partial charge is 0.266 e. The third-order valence-electron chi connectivity index (χ3n) is 5.48. The molecule has 0 aliphatic carbocycles. The van der Waals surface area contributed by atoms with Crippen molar-refractivity contribution in [3.63, 3.8) is 0 Å². The van der Waals surface area contributed by atoms with E-state index >= 15 is 0 Å². The van der Waals surface area contributed by atoms with Crippen LogP contribution in [0, 0.1) is 13.8 Å². The zero-order valence-electron chi connectivity index (χ0n) is 20.2. The van der Waals surface area contributed by atoms with E-state index in [9.17, 15) is 9.59 Å². The highest BCUT2D eigenvalue weighted by Crippen LogP contribution is 2.35. The van der Waals surface area contributed by atoms with E-state index in [-0.39, 0.29) is 25.0 Å². The van der Waals surface area contributed by atoms with Crippen LogP contribution in [0.4, 0.5) is 5.69 Å². The second kappa shape index (κ2) is 11.5. The Hall–Kier alpha value is -3.56. The molecule has 0 saturated carbocycles. The lowest BCUT2D eigenvalue weighted by Crippen LogP contribution is -2.27. The number of furan rings is 1. The van der Waals surface area contributed by atoms with Crippen molar-refractivity contribution >= 4 is 51.9 Å². The van der Waals surface area contributed by atoms with E-state index < -0.39 is 0 Å². The fourth-order valence-corrected chi connectivity index (χ4v) is 4.76. The summed E-state index contributed by atoms with van der Waals surface area (Å²) in [5.41, 5.74) is 3.73. The second-order valence-electron chi connectivity index (χ2n) is 8.12. The molecule has 1 N–H and O–H groups in total. The number of anilines is 1. The number of thioether (sulfide) groups is 1. The molecule has 4 rings (SSSR count). The summed E-state index contributed by atoms with van der Waals surface area (Å²) in [5.74, 6) is 1.13. The van der Waals surface area contributed by atoms with Gasteiger partial charge in [0.15, 0.2) is 18.1 Å². The average Bonchev–Trinajstić information content (AvgIpc) is 3.45. The minimum atomic E-state index is -0.273. The lowest BCUT2D eigenvalue weighted by atomic mass is 10.1. The van der Waals surface area contributed by atoms with Gasteiger partial charge in [-0.3, -0.25) is 14.5 Å². The summed E-state index contributed by atoms with van der Waals surface area (Å²) >= 11 is 6.64. The molecule has 186 valence electrons. The molecule has 1 aliphatic heterocycles. The summed E-state index contributed by atoms with van der Waals surface area (Å²) in [4.78, 5) is 27.3. The standard InChI is InChI=1S/C27H26N2O5S2/c1-4-32-23-13-19(14-24-26(31)29(27(35)36-24)15-21-6-5-11-33-21)8-10-22(23)34-16-25(30)28-20-9-7-17(2)18(3)12-20/h5-14H,4,15-16H2,1-3H3,(H,28,30)/b24-14-. The molecule has 1 aliphatic rings. The van der Waals surface area contributed by atoms with Crippen molar-refractivity contribution in [1.82, 2.24) is 4.90 Å². The van der Waals surface area contributed by atoms with Gasteiger partial charge in [0.2, 0.25) is 0 Å². The zero-order valence-corrected chi connectivity index (χ0v) is 21.8. The summed E-state index contributed by atoms with van der Waals surface area (Å²) in [7, 11) is 0. The number of aryl methyl sites for hydroxylation is 2. The molecule has 2 amide bonds. The van der Waals surface area contributed by atoms with Gasteiger partial charge in [0.05, 0.1) is 24.3 Å². The number of hydrogen-bond donors (Lipinski definition) is 1. The monoisotopic (exact) mass is 522 g/mol. The number of carbonyl (C=O) groups is 2. The Kier molecular flexibility index (Phi) is 8.12. The van der Waals surface area contributed by atoms with Crippen LogP contribution in [0.5, 0.6) is 11.5 Å². The number of nitrogens with zero attached hydrogens (tertiary/aromatic N) is 1. The molecule has 1 fully saturated rings. The Morgan fingerprint density at radius 1 is 1.11 bits per heavy atom. The Morgan fingerprint density at radius 2 is 1.94 bits per heavy atom. The molecule has 0 bridgehead atoms. The van der Waals surface area contributed by atoms with Crippen LogP contribution in [-0.4, -0.2) is 34.2 Å². The van der Waals surface area contributed by atoms with Crippen molar-refractivity contribution in [1.29, 1.82) is 0 Å². The number of amides is 2. The van der Waals surface area contributed by atoms with Gasteiger partial charge in [-0.2, -0.15) is 0 Å². The lowest BCUT2D eigenvalue weighted by molar-refractivity contribution is -0.122. The van der Waals surface area contributed by atoms with Crippen molar-refractivity contribution in [3.05, 3.63) is 82.1 Å². The van der Waals surface area contributed by atoms with Crippen molar-refractivity contribution in [2.24, 2.45) is 0 Å². The van der Waals surface area contributed by atoms with Crippen LogP contribution in [0.3, 0.4) is 0 Å². The Balaban J connectivity index is 1.43. The Morgan fingerprint density at radius 3 is 2.67 bits per heavy atom. The van der Waals surface area contributed by atoms with Crippen LogP contribution in [0.1, 0.15) is 29.4 Å². The number of benzene rings is 2. The predicted octanol–water partition coefficient (Wildman–Crippen LogP) is 5.71. The molecule has 0 atom stereocenters. The molecule has 2 heterocycles. The van der Waals surface area contributed by atoms with Crippen LogP contribution < -0.4 is 14.8 Å². The van der Waals surface area contributed by atoms with Crippen LogP contribution in [0.25, 0.3) is 6.08 Å². The molecular weight excluding hydrogens is 496 g/mol. The molecule has 3 aromatic rings. The number of thiocarbonyl (C=S) groups is 1. The molecule has 0 radical (unpaired) electrons. The molecule has 7 nitrogen and oxygen atoms in total. The van der Waals surface area contributed by atoms with Crippen LogP contribution in [0.2, 0.25) is 0 Å². The van der Waals surface area contributed by atoms with Gasteiger partial charge >= 0.3 is 0 Å². The van der Waals surface area contributed by atoms with E-state index in [1.54, 1.807) is 42.7 Å². The first-order valence-corrected chi connectivity index (χ1v) is 12.6. The second-order valence-corrected chi connectivity index (χ2v) is 9.80. The van der Waals surface area contributed by atoms with Gasteiger partial charge in [0.1, 0.15) is 10.1 Å². The van der Waals surface area contributed by atoms with Crippen LogP contribution >= 0.6 is 24.0 Å². The molecule has 1 aromatic heterocycles. The maximum atomic E-state index is 12.9. The van der Waals surface area contributed by atoms with Gasteiger partial charge in [-0.15, -0.1) is 0 Å². The van der Waals surface area contributed by atoms with E-state index in [2.05, 4.69) is 5.32 Å². The highest BCUT2D eigenvalue weighted by Gasteiger charge is 2.32. The SMILES string of the molecule is CCOc1cc(/C=C2\SC(=S)N(Cc3ccco3)C2=O)ccc1OCC(=O)Nc1ccc(C)c(C)c1. The molecule has 0 unspecified atom stereocenters. The maximum absolute atomic E-state index is 12.9. The first kappa shape index (κ1) is 25.5. The summed E-state index contributed by atoms with van der Waals surface area (Å²) in [5, 5.41) is 2.84. The third-order valence-corrected chi connectivity index (χ3v) is 6.86. The number of rotatable bonds is 9. The largest absolute Gasteiger partial charge is 0.490 e. The summed E-state index contributed by atoms with van der Waals surface area (Å²) in [6.45, 7) is 6.41. The van der Waals surface area contributed by atoms with Gasteiger partial charge in [0, 0.05) is 5.69 Å². The van der Waals surface area contributed by atoms with Gasteiger partial charge in [-0.1, -0.05) is 36.1 Å². The van der Waals surface area contributed by atoms with Gasteiger partial charge in [-0.05, 0) is 79.9 Å². The minimum absolute atomic E-state index is 0.169. The molecule has 1 saturated heterocycles. The Bertz CT molecular complexity index is 1320. The van der Waals surface area contributed by atoms with Gasteiger partial charge in [0.25, 0.3) is 11.8 Å². The predicted molar refractivity (Wildman–Crippen MR) is 145 cm³/mol. The van der Waals surface area contributed by atoms with E-state index in [0.717, 1.165) is 22.4 Å². The average molecular weight is 523 g/mol. The first-order chi connectivity index (χ1) is 17.3. The molecule has 36 heavy (non-hydrogen) atoms. The van der Waals surface area contributed by atoms with Crippen molar-refractivity contribution in [2.45, 2.75) is 27.3 Å². The van der Waals surface area contributed by atoms with Crippen molar-refractivity contribution in [2.75, 3.05) is 18.5 Å². The highest BCUT2D eigenvalue weighted by molar-refractivity contribution is 8.26. The van der Waals surface area contributed by atoms with Gasteiger partial charge in [-0.25, -0.2) is 0 Å². The van der Waals surface area contributed by atoms with E-state index in [4.69, 9.17) is 26.1 Å². The summed E-state index contributed by atoms with van der Waals surface area (Å²) < 4.78 is 17.3. The third kappa shape index (κ3) is 6.16. The molecular formula is C27H26N2O5S2. The van der Waals surface area contributed by atoms with Crippen molar-refractivity contribution in [3.8, 4) is 11.5 Å². The minimum Gasteiger partial charge on any atom is -0.490 e. The number of nitrogens with one attached hydrogen (secondary N) is 1. The van der Waals surface area contributed by atoms with Crippen LogP contribution in [-0.2, 0) is 16.1 Å². The van der Waals surface area contributed by atoms with Crippen LogP contribution in [0.15, 0.2) is 64.1 Å². The highest BCUT2D eigenvalue weighted by atomic mass is 32.2. The van der Waals surface area contributed by atoms with E-state index in [1.165, 1.54) is 16.7 Å². The molecule has 2 aromatic carbocycles. The van der Waals surface area contributed by atoms with Crippen molar-refractivity contribution < 1.29 is 23.5 Å². The summed E-state index contributed by atoms with van der Waals surface area (Å²) in [6.07, 6.45) is 3.33. The van der Waals surface area contributed by atoms with E-state index in [1.807, 2.05) is 39.0 Å². The molecule has 0 spiro atoms. The lowest BCUT2D eigenvalue weighted by Gasteiger charge is -2.13. The van der Waals surface area contributed by atoms with Gasteiger partial charge < -0.3 is 19.2 Å². The quantitative estimate of drug-likeness (QED) is 0.285. The number of hydrogen-bond acceptors (Lipinski definition) is 7. The molecule has 9 heteroatoms. The fourth-order valence-electron chi connectivity index (χ4n) is 3.51. The zero-order chi connectivity index (χ0) is 25.7. The maximum Gasteiger partial charge on any atom is 0.266 e. The normalized spacial score (nSPS) is 14.4. The fraction of sp³-hybridized carbons (Fsp3) is 0.222. The number of ether oxygens (including phenoxy) is 2. The number of carbonyl (C=O) groups excluding carboxylic acids is 2.